The summed E-state index contributed by atoms with van der Waals surface area (Å²) in [5.74, 6) is -0.215. The Bertz CT molecular complexity index is 1070. The van der Waals surface area contributed by atoms with Crippen LogP contribution in [0.25, 0.3) is 11.3 Å². The van der Waals surface area contributed by atoms with Gasteiger partial charge in [-0.3, -0.25) is 9.69 Å². The van der Waals surface area contributed by atoms with E-state index in [1.807, 2.05) is 25.1 Å². The van der Waals surface area contributed by atoms with E-state index >= 15 is 0 Å². The Hall–Kier alpha value is -3.43. The van der Waals surface area contributed by atoms with Crippen LogP contribution in [0.15, 0.2) is 53.1 Å². The molecule has 1 saturated heterocycles. The van der Waals surface area contributed by atoms with Crippen LogP contribution in [-0.2, 0) is 6.54 Å². The van der Waals surface area contributed by atoms with E-state index < -0.39 is 0 Å². The third-order valence-corrected chi connectivity index (χ3v) is 5.18. The van der Waals surface area contributed by atoms with Crippen LogP contribution in [-0.4, -0.2) is 29.1 Å². The molecule has 3 aromatic rings. The lowest BCUT2D eigenvalue weighted by atomic mass is 10.1. The zero-order chi connectivity index (χ0) is 20.2. The standard InChI is InChI=1S/C23H22N4O2/c1-16-7-8-18(15-27-9-2-3-10-27)12-20(16)25-23(28)22-13-21(26-29-22)19-6-4-5-17(11-19)14-24/h4-8,11-13H,2-3,9-10,15H2,1H3,(H,25,28). The van der Waals surface area contributed by atoms with Crippen LogP contribution in [0.1, 0.15) is 40.1 Å². The van der Waals surface area contributed by atoms with E-state index in [0.29, 0.717) is 11.3 Å². The van der Waals surface area contributed by atoms with Gasteiger partial charge in [-0.05, 0) is 62.2 Å². The van der Waals surface area contributed by atoms with Gasteiger partial charge in [0.05, 0.1) is 11.6 Å². The predicted molar refractivity (Wildman–Crippen MR) is 110 cm³/mol. The number of hydrogen-bond acceptors (Lipinski definition) is 5. The second-order valence-corrected chi connectivity index (χ2v) is 7.36. The fraction of sp³-hybridized carbons (Fsp3) is 0.261. The van der Waals surface area contributed by atoms with Crippen LogP contribution >= 0.6 is 0 Å². The molecule has 0 spiro atoms. The summed E-state index contributed by atoms with van der Waals surface area (Å²) in [6, 6.07) is 16.9. The van der Waals surface area contributed by atoms with Crippen molar-refractivity contribution < 1.29 is 9.32 Å². The van der Waals surface area contributed by atoms with Gasteiger partial charge in [0.1, 0.15) is 5.69 Å². The molecule has 4 rings (SSSR count). The fourth-order valence-electron chi connectivity index (χ4n) is 3.55. The minimum Gasteiger partial charge on any atom is -0.350 e. The highest BCUT2D eigenvalue weighted by molar-refractivity contribution is 6.03. The third kappa shape index (κ3) is 4.36. The van der Waals surface area contributed by atoms with Gasteiger partial charge in [0.15, 0.2) is 0 Å². The van der Waals surface area contributed by atoms with Crippen LogP contribution in [0.2, 0.25) is 0 Å². The largest absolute Gasteiger partial charge is 0.350 e. The van der Waals surface area contributed by atoms with Crippen LogP contribution in [0.3, 0.4) is 0 Å². The summed E-state index contributed by atoms with van der Waals surface area (Å²) in [4.78, 5) is 15.1. The molecule has 0 bridgehead atoms. The molecule has 0 saturated carbocycles. The van der Waals surface area contributed by atoms with Crippen LogP contribution in [0, 0.1) is 18.3 Å². The summed E-state index contributed by atoms with van der Waals surface area (Å²) < 4.78 is 5.25. The average Bonchev–Trinajstić information content (AvgIpc) is 3.43. The normalized spacial score (nSPS) is 13.9. The highest BCUT2D eigenvalue weighted by Crippen LogP contribution is 2.23. The molecule has 0 radical (unpaired) electrons. The molecule has 1 N–H and O–H groups in total. The van der Waals surface area contributed by atoms with E-state index in [4.69, 9.17) is 9.78 Å². The Kier molecular flexibility index (Phi) is 5.41. The monoisotopic (exact) mass is 386 g/mol. The number of likely N-dealkylation sites (tertiary alicyclic amines) is 1. The lowest BCUT2D eigenvalue weighted by Crippen LogP contribution is -2.18. The van der Waals surface area contributed by atoms with Crippen molar-refractivity contribution in [2.75, 3.05) is 18.4 Å². The Morgan fingerprint density at radius 2 is 2.03 bits per heavy atom. The molecular formula is C23H22N4O2. The third-order valence-electron chi connectivity index (χ3n) is 5.18. The van der Waals surface area contributed by atoms with Crippen molar-refractivity contribution >= 4 is 11.6 Å². The Morgan fingerprint density at radius 1 is 1.21 bits per heavy atom. The molecule has 0 atom stereocenters. The van der Waals surface area contributed by atoms with Crippen molar-refractivity contribution in [2.45, 2.75) is 26.3 Å². The molecule has 1 amide bonds. The maximum absolute atomic E-state index is 12.7. The fourth-order valence-corrected chi connectivity index (χ4v) is 3.55. The van der Waals surface area contributed by atoms with Crippen LogP contribution in [0.5, 0.6) is 0 Å². The molecule has 1 fully saturated rings. The topological polar surface area (TPSA) is 82.2 Å². The SMILES string of the molecule is Cc1ccc(CN2CCCC2)cc1NC(=O)c1cc(-c2cccc(C#N)c2)no1. The quantitative estimate of drug-likeness (QED) is 0.704. The number of carbonyl (C=O) groups is 1. The van der Waals surface area contributed by atoms with Crippen molar-refractivity contribution in [2.24, 2.45) is 0 Å². The van der Waals surface area contributed by atoms with Gasteiger partial charge in [-0.1, -0.05) is 29.4 Å². The molecule has 6 nitrogen and oxygen atoms in total. The molecule has 0 aliphatic carbocycles. The summed E-state index contributed by atoms with van der Waals surface area (Å²) in [7, 11) is 0. The van der Waals surface area contributed by atoms with Gasteiger partial charge in [-0.2, -0.15) is 5.26 Å². The molecule has 6 heteroatoms. The second kappa shape index (κ2) is 8.29. The van der Waals surface area contributed by atoms with E-state index in [2.05, 4.69) is 27.5 Å². The maximum atomic E-state index is 12.7. The summed E-state index contributed by atoms with van der Waals surface area (Å²) in [6.07, 6.45) is 2.50. The molecule has 146 valence electrons. The molecule has 2 heterocycles. The first-order chi connectivity index (χ1) is 14.1. The average molecular weight is 386 g/mol. The number of carbonyl (C=O) groups excluding carboxylic acids is 1. The lowest BCUT2D eigenvalue weighted by Gasteiger charge is -2.16. The minimum absolute atomic E-state index is 0.131. The van der Waals surface area contributed by atoms with Crippen molar-refractivity contribution in [1.29, 1.82) is 5.26 Å². The van der Waals surface area contributed by atoms with E-state index in [1.165, 1.54) is 18.4 Å². The van der Waals surface area contributed by atoms with Gasteiger partial charge < -0.3 is 9.84 Å². The van der Waals surface area contributed by atoms with Crippen LogP contribution < -0.4 is 5.32 Å². The highest BCUT2D eigenvalue weighted by Gasteiger charge is 2.17. The predicted octanol–water partition coefficient (Wildman–Crippen LogP) is 4.37. The summed E-state index contributed by atoms with van der Waals surface area (Å²) >= 11 is 0. The highest BCUT2D eigenvalue weighted by atomic mass is 16.5. The van der Waals surface area contributed by atoms with Gasteiger partial charge in [-0.25, -0.2) is 0 Å². The number of hydrogen-bond donors (Lipinski definition) is 1. The number of nitriles is 1. The molecule has 2 aromatic carbocycles. The molecule has 1 aliphatic heterocycles. The number of amides is 1. The summed E-state index contributed by atoms with van der Waals surface area (Å²) in [6.45, 7) is 5.12. The number of aromatic nitrogens is 1. The van der Waals surface area contributed by atoms with E-state index in [0.717, 1.165) is 36.4 Å². The second-order valence-electron chi connectivity index (χ2n) is 7.36. The molecule has 29 heavy (non-hydrogen) atoms. The zero-order valence-electron chi connectivity index (χ0n) is 16.3. The Morgan fingerprint density at radius 3 is 2.83 bits per heavy atom. The van der Waals surface area contributed by atoms with E-state index in [9.17, 15) is 4.79 Å². The summed E-state index contributed by atoms with van der Waals surface area (Å²) in [5.41, 5.74) is 4.73. The molecule has 1 aromatic heterocycles. The van der Waals surface area contributed by atoms with Gasteiger partial charge in [0, 0.05) is 23.9 Å². The van der Waals surface area contributed by atoms with E-state index in [1.54, 1.807) is 24.3 Å². The van der Waals surface area contributed by atoms with Gasteiger partial charge in [-0.15, -0.1) is 0 Å². The van der Waals surface area contributed by atoms with Gasteiger partial charge in [0.2, 0.25) is 5.76 Å². The number of anilines is 1. The number of rotatable bonds is 5. The van der Waals surface area contributed by atoms with Gasteiger partial charge in [0.25, 0.3) is 5.91 Å². The molecule has 0 unspecified atom stereocenters. The number of nitrogens with zero attached hydrogens (tertiary/aromatic N) is 3. The Labute approximate surface area is 169 Å². The first-order valence-electron chi connectivity index (χ1n) is 9.73. The zero-order valence-corrected chi connectivity index (χ0v) is 16.3. The number of nitrogens with one attached hydrogen (secondary N) is 1. The Balaban J connectivity index is 1.49. The first-order valence-corrected chi connectivity index (χ1v) is 9.73. The van der Waals surface area contributed by atoms with Crippen molar-refractivity contribution in [3.05, 3.63) is 71.0 Å². The maximum Gasteiger partial charge on any atom is 0.294 e. The minimum atomic E-state index is -0.346. The van der Waals surface area contributed by atoms with E-state index in [-0.39, 0.29) is 11.7 Å². The van der Waals surface area contributed by atoms with Crippen molar-refractivity contribution in [1.82, 2.24) is 10.1 Å². The number of aryl methyl sites for hydroxylation is 1. The van der Waals surface area contributed by atoms with Gasteiger partial charge >= 0.3 is 0 Å². The lowest BCUT2D eigenvalue weighted by molar-refractivity contribution is 0.0988. The molecule has 1 aliphatic rings. The molecular weight excluding hydrogens is 364 g/mol. The van der Waals surface area contributed by atoms with Crippen molar-refractivity contribution in [3.63, 3.8) is 0 Å². The number of benzene rings is 2. The smallest absolute Gasteiger partial charge is 0.294 e. The van der Waals surface area contributed by atoms with Crippen LogP contribution in [0.4, 0.5) is 5.69 Å². The summed E-state index contributed by atoms with van der Waals surface area (Å²) in [5, 5.41) is 16.0. The van der Waals surface area contributed by atoms with Crippen molar-refractivity contribution in [3.8, 4) is 17.3 Å². The first kappa shape index (κ1) is 18.9.